The highest BCUT2D eigenvalue weighted by Crippen LogP contribution is 2.20. The minimum absolute atomic E-state index is 0.459. The Bertz CT molecular complexity index is 411. The third-order valence-electron chi connectivity index (χ3n) is 3.23. The van der Waals surface area contributed by atoms with E-state index in [1.54, 1.807) is 0 Å². The molecule has 0 atom stereocenters. The number of anilines is 1. The van der Waals surface area contributed by atoms with Gasteiger partial charge in [0.25, 0.3) is 0 Å². The third kappa shape index (κ3) is 5.49. The molecule has 3 heteroatoms. The SMILES string of the molecule is CC(C)CN(C)c1cc(CNC(C)C)cc(C(C)C)n1. The Morgan fingerprint density at radius 1 is 1.10 bits per heavy atom. The normalized spacial score (nSPS) is 11.7. The maximum atomic E-state index is 4.81. The molecule has 3 nitrogen and oxygen atoms in total. The topological polar surface area (TPSA) is 28.2 Å². The molecule has 0 aromatic carbocycles. The fourth-order valence-electron chi connectivity index (χ4n) is 2.15. The van der Waals surface area contributed by atoms with Gasteiger partial charge >= 0.3 is 0 Å². The molecular weight excluding hydrogens is 246 g/mol. The van der Waals surface area contributed by atoms with Gasteiger partial charge in [0.1, 0.15) is 5.82 Å². The molecule has 1 heterocycles. The van der Waals surface area contributed by atoms with E-state index in [9.17, 15) is 0 Å². The van der Waals surface area contributed by atoms with Crippen LogP contribution in [-0.4, -0.2) is 24.6 Å². The standard InChI is InChI=1S/C17H31N3/c1-12(2)11-20(7)17-9-15(10-18-14(5)6)8-16(19-17)13(3)4/h8-9,12-14,18H,10-11H2,1-7H3. The van der Waals surface area contributed by atoms with Crippen LogP contribution in [0.25, 0.3) is 0 Å². The number of rotatable bonds is 7. The Hall–Kier alpha value is -1.09. The lowest BCUT2D eigenvalue weighted by Crippen LogP contribution is -2.25. The Morgan fingerprint density at radius 2 is 1.75 bits per heavy atom. The molecule has 0 aliphatic heterocycles. The quantitative estimate of drug-likeness (QED) is 0.822. The van der Waals surface area contributed by atoms with Gasteiger partial charge in [-0.1, -0.05) is 41.5 Å². The van der Waals surface area contributed by atoms with Crippen molar-refractivity contribution in [3.05, 3.63) is 23.4 Å². The van der Waals surface area contributed by atoms with Gasteiger partial charge in [0.05, 0.1) is 0 Å². The zero-order valence-electron chi connectivity index (χ0n) is 14.2. The Balaban J connectivity index is 2.97. The number of pyridine rings is 1. The lowest BCUT2D eigenvalue weighted by molar-refractivity contribution is 0.587. The first-order valence-electron chi connectivity index (χ1n) is 7.75. The van der Waals surface area contributed by atoms with Gasteiger partial charge in [-0.3, -0.25) is 0 Å². The monoisotopic (exact) mass is 277 g/mol. The predicted molar refractivity (Wildman–Crippen MR) is 88.4 cm³/mol. The summed E-state index contributed by atoms with van der Waals surface area (Å²) in [4.78, 5) is 7.07. The van der Waals surface area contributed by atoms with Gasteiger partial charge in [-0.2, -0.15) is 0 Å². The Kier molecular flexibility index (Phi) is 6.47. The van der Waals surface area contributed by atoms with Crippen molar-refractivity contribution in [3.63, 3.8) is 0 Å². The summed E-state index contributed by atoms with van der Waals surface area (Å²) in [6.45, 7) is 15.2. The summed E-state index contributed by atoms with van der Waals surface area (Å²) < 4.78 is 0. The number of hydrogen-bond acceptors (Lipinski definition) is 3. The second-order valence-corrected chi connectivity index (χ2v) is 6.72. The largest absolute Gasteiger partial charge is 0.359 e. The summed E-state index contributed by atoms with van der Waals surface area (Å²) in [5, 5.41) is 3.49. The summed E-state index contributed by atoms with van der Waals surface area (Å²) >= 11 is 0. The van der Waals surface area contributed by atoms with Crippen LogP contribution in [0.15, 0.2) is 12.1 Å². The molecule has 0 fully saturated rings. The zero-order valence-corrected chi connectivity index (χ0v) is 14.2. The minimum Gasteiger partial charge on any atom is -0.359 e. The Labute approximate surface area is 124 Å². The fourth-order valence-corrected chi connectivity index (χ4v) is 2.15. The molecule has 0 aliphatic carbocycles. The van der Waals surface area contributed by atoms with Crippen molar-refractivity contribution in [1.82, 2.24) is 10.3 Å². The van der Waals surface area contributed by atoms with Gasteiger partial charge in [-0.15, -0.1) is 0 Å². The van der Waals surface area contributed by atoms with Crippen molar-refractivity contribution in [1.29, 1.82) is 0 Å². The first kappa shape index (κ1) is 17.0. The first-order valence-corrected chi connectivity index (χ1v) is 7.75. The molecule has 0 amide bonds. The van der Waals surface area contributed by atoms with Crippen LogP contribution >= 0.6 is 0 Å². The Morgan fingerprint density at radius 3 is 2.25 bits per heavy atom. The fraction of sp³-hybridized carbons (Fsp3) is 0.706. The van der Waals surface area contributed by atoms with Gasteiger partial charge in [0.15, 0.2) is 0 Å². The summed E-state index contributed by atoms with van der Waals surface area (Å²) in [7, 11) is 2.13. The highest BCUT2D eigenvalue weighted by molar-refractivity contribution is 5.42. The minimum atomic E-state index is 0.459. The van der Waals surface area contributed by atoms with Crippen molar-refractivity contribution in [2.24, 2.45) is 5.92 Å². The van der Waals surface area contributed by atoms with Crippen LogP contribution < -0.4 is 10.2 Å². The molecule has 0 unspecified atom stereocenters. The van der Waals surface area contributed by atoms with Crippen LogP contribution in [0.2, 0.25) is 0 Å². The van der Waals surface area contributed by atoms with E-state index in [2.05, 4.69) is 70.9 Å². The van der Waals surface area contributed by atoms with Crippen molar-refractivity contribution >= 4 is 5.82 Å². The van der Waals surface area contributed by atoms with E-state index in [-0.39, 0.29) is 0 Å². The molecule has 0 aliphatic rings. The summed E-state index contributed by atoms with van der Waals surface area (Å²) in [6, 6.07) is 4.94. The van der Waals surface area contributed by atoms with Gasteiger partial charge in [0, 0.05) is 31.9 Å². The van der Waals surface area contributed by atoms with Crippen LogP contribution in [-0.2, 0) is 6.54 Å². The van der Waals surface area contributed by atoms with Crippen LogP contribution in [0.1, 0.15) is 58.7 Å². The molecule has 0 saturated heterocycles. The molecular formula is C17H31N3. The molecule has 20 heavy (non-hydrogen) atoms. The van der Waals surface area contributed by atoms with Crippen LogP contribution in [0.3, 0.4) is 0 Å². The lowest BCUT2D eigenvalue weighted by Gasteiger charge is -2.23. The zero-order chi connectivity index (χ0) is 15.3. The summed E-state index contributed by atoms with van der Waals surface area (Å²) in [5.41, 5.74) is 2.50. The van der Waals surface area contributed by atoms with Crippen LogP contribution in [0, 0.1) is 5.92 Å². The van der Waals surface area contributed by atoms with Gasteiger partial charge < -0.3 is 10.2 Å². The molecule has 0 spiro atoms. The third-order valence-corrected chi connectivity index (χ3v) is 3.23. The number of hydrogen-bond donors (Lipinski definition) is 1. The predicted octanol–water partition coefficient (Wildman–Crippen LogP) is 3.80. The highest BCUT2D eigenvalue weighted by Gasteiger charge is 2.10. The average molecular weight is 277 g/mol. The molecule has 0 saturated carbocycles. The van der Waals surface area contributed by atoms with Crippen molar-refractivity contribution in [3.8, 4) is 0 Å². The lowest BCUT2D eigenvalue weighted by atomic mass is 10.1. The van der Waals surface area contributed by atoms with Crippen LogP contribution in [0.5, 0.6) is 0 Å². The average Bonchev–Trinajstić information content (AvgIpc) is 2.35. The molecule has 0 bridgehead atoms. The van der Waals surface area contributed by atoms with Gasteiger partial charge in [-0.25, -0.2) is 4.98 Å². The van der Waals surface area contributed by atoms with E-state index in [1.807, 2.05) is 0 Å². The number of aromatic nitrogens is 1. The van der Waals surface area contributed by atoms with Crippen molar-refractivity contribution in [2.45, 2.75) is 60.0 Å². The molecule has 1 rings (SSSR count). The van der Waals surface area contributed by atoms with E-state index in [0.29, 0.717) is 17.9 Å². The molecule has 1 N–H and O–H groups in total. The highest BCUT2D eigenvalue weighted by atomic mass is 15.2. The summed E-state index contributed by atoms with van der Waals surface area (Å²) in [6.07, 6.45) is 0. The summed E-state index contributed by atoms with van der Waals surface area (Å²) in [5.74, 6) is 2.19. The second kappa shape index (κ2) is 7.63. The van der Waals surface area contributed by atoms with E-state index >= 15 is 0 Å². The molecule has 0 radical (unpaired) electrons. The van der Waals surface area contributed by atoms with Crippen molar-refractivity contribution < 1.29 is 0 Å². The number of nitrogens with one attached hydrogen (secondary N) is 1. The maximum absolute atomic E-state index is 4.81. The number of nitrogens with zero attached hydrogens (tertiary/aromatic N) is 2. The van der Waals surface area contributed by atoms with Crippen LogP contribution in [0.4, 0.5) is 5.82 Å². The van der Waals surface area contributed by atoms with E-state index in [4.69, 9.17) is 4.98 Å². The van der Waals surface area contributed by atoms with Crippen molar-refractivity contribution in [2.75, 3.05) is 18.5 Å². The van der Waals surface area contributed by atoms with E-state index < -0.39 is 0 Å². The van der Waals surface area contributed by atoms with Gasteiger partial charge in [-0.05, 0) is 29.5 Å². The first-order chi connectivity index (χ1) is 9.29. The molecule has 1 aromatic rings. The maximum Gasteiger partial charge on any atom is 0.128 e. The van der Waals surface area contributed by atoms with E-state index in [0.717, 1.165) is 18.9 Å². The van der Waals surface area contributed by atoms with Gasteiger partial charge in [0.2, 0.25) is 0 Å². The smallest absolute Gasteiger partial charge is 0.128 e. The van der Waals surface area contributed by atoms with E-state index in [1.165, 1.54) is 11.3 Å². The molecule has 114 valence electrons. The molecule has 1 aromatic heterocycles. The second-order valence-electron chi connectivity index (χ2n) is 6.72.